The summed E-state index contributed by atoms with van der Waals surface area (Å²) in [5.41, 5.74) is -0.510. The first-order valence-electron chi connectivity index (χ1n) is 5.25. The van der Waals surface area contributed by atoms with E-state index >= 15 is 0 Å². The molecule has 0 saturated carbocycles. The predicted molar refractivity (Wildman–Crippen MR) is 78.3 cm³/mol. The Hall–Kier alpha value is -0.790. The zero-order chi connectivity index (χ0) is 13.8. The third-order valence-electron chi connectivity index (χ3n) is 2.27. The van der Waals surface area contributed by atoms with Crippen LogP contribution in [0.3, 0.4) is 0 Å². The molecule has 0 aliphatic rings. The highest BCUT2D eigenvalue weighted by Gasteiger charge is 2.21. The molecule has 1 rings (SSSR count). The minimum Gasteiger partial charge on any atom is -0.387 e. The van der Waals surface area contributed by atoms with Gasteiger partial charge >= 0.3 is 0 Å². The van der Waals surface area contributed by atoms with Crippen LogP contribution in [0, 0.1) is 10.1 Å². The monoisotopic (exact) mass is 334 g/mol. The Labute approximate surface area is 118 Å². The van der Waals surface area contributed by atoms with E-state index in [1.165, 1.54) is 17.8 Å². The van der Waals surface area contributed by atoms with Crippen LogP contribution < -0.4 is 5.32 Å². The fourth-order valence-corrected chi connectivity index (χ4v) is 2.54. The van der Waals surface area contributed by atoms with Crippen molar-refractivity contribution in [3.63, 3.8) is 0 Å². The molecule has 0 spiro atoms. The van der Waals surface area contributed by atoms with E-state index in [0.29, 0.717) is 11.4 Å². The van der Waals surface area contributed by atoms with E-state index < -0.39 is 10.5 Å². The number of hydrogen-bond acceptors (Lipinski definition) is 5. The van der Waals surface area contributed by atoms with E-state index in [4.69, 9.17) is 0 Å². The predicted octanol–water partition coefficient (Wildman–Crippen LogP) is 2.88. The third kappa shape index (κ3) is 4.47. The van der Waals surface area contributed by atoms with Crippen molar-refractivity contribution in [2.24, 2.45) is 0 Å². The zero-order valence-electron chi connectivity index (χ0n) is 10.1. The van der Waals surface area contributed by atoms with Crippen molar-refractivity contribution in [1.82, 2.24) is 0 Å². The Morgan fingerprint density at radius 2 is 2.28 bits per heavy atom. The van der Waals surface area contributed by atoms with Gasteiger partial charge in [-0.25, -0.2) is 0 Å². The molecule has 0 heterocycles. The van der Waals surface area contributed by atoms with Gasteiger partial charge in [-0.15, -0.1) is 0 Å². The van der Waals surface area contributed by atoms with E-state index in [2.05, 4.69) is 21.2 Å². The Morgan fingerprint density at radius 1 is 1.61 bits per heavy atom. The Kier molecular flexibility index (Phi) is 5.43. The number of anilines is 1. The van der Waals surface area contributed by atoms with Gasteiger partial charge in [0.15, 0.2) is 0 Å². The second-order valence-electron chi connectivity index (χ2n) is 4.20. The molecule has 1 aromatic rings. The zero-order valence-corrected chi connectivity index (χ0v) is 12.5. The van der Waals surface area contributed by atoms with Crippen molar-refractivity contribution >= 4 is 39.1 Å². The van der Waals surface area contributed by atoms with Crippen LogP contribution >= 0.6 is 27.7 Å². The topological polar surface area (TPSA) is 75.4 Å². The van der Waals surface area contributed by atoms with Crippen molar-refractivity contribution in [2.45, 2.75) is 12.5 Å². The smallest absolute Gasteiger partial charge is 0.292 e. The molecular formula is C11H15BrN2O3S. The van der Waals surface area contributed by atoms with Crippen molar-refractivity contribution in [3.8, 4) is 0 Å². The minimum atomic E-state index is -0.907. The van der Waals surface area contributed by atoms with Gasteiger partial charge in [0.2, 0.25) is 0 Å². The van der Waals surface area contributed by atoms with E-state index in [-0.39, 0.29) is 12.2 Å². The van der Waals surface area contributed by atoms with Crippen molar-refractivity contribution < 1.29 is 10.0 Å². The lowest BCUT2D eigenvalue weighted by atomic mass is 10.1. The minimum absolute atomic E-state index is 0.00171. The fourth-order valence-electron chi connectivity index (χ4n) is 1.46. The van der Waals surface area contributed by atoms with Crippen LogP contribution in [0.2, 0.25) is 0 Å². The van der Waals surface area contributed by atoms with Gasteiger partial charge in [-0.2, -0.15) is 11.8 Å². The molecule has 5 nitrogen and oxygen atoms in total. The molecule has 0 aromatic heterocycles. The van der Waals surface area contributed by atoms with Gasteiger partial charge in [-0.1, -0.05) is 15.9 Å². The van der Waals surface area contributed by atoms with E-state index in [1.54, 1.807) is 19.1 Å². The molecule has 2 N–H and O–H groups in total. The maximum atomic E-state index is 10.9. The number of nitrogens with one attached hydrogen (secondary N) is 1. The first-order chi connectivity index (χ1) is 8.35. The molecule has 1 aromatic carbocycles. The highest BCUT2D eigenvalue weighted by molar-refractivity contribution is 9.10. The Balaban J connectivity index is 2.83. The summed E-state index contributed by atoms with van der Waals surface area (Å²) in [6.45, 7) is 1.95. The van der Waals surface area contributed by atoms with Gasteiger partial charge in [0.05, 0.1) is 10.5 Å². The van der Waals surface area contributed by atoms with Gasteiger partial charge in [-0.05, 0) is 25.3 Å². The van der Waals surface area contributed by atoms with Gasteiger partial charge in [0.25, 0.3) is 5.69 Å². The molecule has 7 heteroatoms. The highest BCUT2D eigenvalue weighted by Crippen LogP contribution is 2.28. The second-order valence-corrected chi connectivity index (χ2v) is 5.98. The van der Waals surface area contributed by atoms with Gasteiger partial charge in [0, 0.05) is 22.8 Å². The summed E-state index contributed by atoms with van der Waals surface area (Å²) in [7, 11) is 0. The summed E-state index contributed by atoms with van der Waals surface area (Å²) < 4.78 is 0.750. The first kappa shape index (κ1) is 15.3. The summed E-state index contributed by atoms with van der Waals surface area (Å²) in [5.74, 6) is 0.557. The SMILES string of the molecule is CSCC(C)(O)CNc1cc(Br)ccc1[N+](=O)[O-]. The standard InChI is InChI=1S/C11H15BrN2O3S/c1-11(15,7-18-2)6-13-9-5-8(12)3-4-10(9)14(16)17/h3-5,13,15H,6-7H2,1-2H3. The number of nitrogens with zero attached hydrogens (tertiary/aromatic N) is 1. The molecule has 1 atom stereocenters. The van der Waals surface area contributed by atoms with E-state index in [1.807, 2.05) is 6.26 Å². The lowest BCUT2D eigenvalue weighted by Gasteiger charge is -2.23. The van der Waals surface area contributed by atoms with E-state index in [0.717, 1.165) is 4.47 Å². The van der Waals surface area contributed by atoms with Crippen LogP contribution in [0.4, 0.5) is 11.4 Å². The molecule has 0 saturated heterocycles. The van der Waals surface area contributed by atoms with E-state index in [9.17, 15) is 15.2 Å². The molecule has 0 radical (unpaired) electrons. The maximum absolute atomic E-state index is 10.9. The molecule has 18 heavy (non-hydrogen) atoms. The average molecular weight is 335 g/mol. The normalized spacial score (nSPS) is 14.0. The first-order valence-corrected chi connectivity index (χ1v) is 7.43. The molecule has 0 aliphatic carbocycles. The number of nitro benzene ring substituents is 1. The van der Waals surface area contributed by atoms with Gasteiger partial charge in [-0.3, -0.25) is 10.1 Å². The van der Waals surface area contributed by atoms with Crippen LogP contribution in [0.25, 0.3) is 0 Å². The quantitative estimate of drug-likeness (QED) is 0.618. The summed E-state index contributed by atoms with van der Waals surface area (Å²) >= 11 is 4.79. The number of hydrogen-bond donors (Lipinski definition) is 2. The van der Waals surface area contributed by atoms with Crippen LogP contribution in [-0.2, 0) is 0 Å². The molecular weight excluding hydrogens is 320 g/mol. The Morgan fingerprint density at radius 3 is 2.83 bits per heavy atom. The number of aliphatic hydroxyl groups is 1. The molecule has 1 unspecified atom stereocenters. The van der Waals surface area contributed by atoms with Crippen molar-refractivity contribution in [2.75, 3.05) is 23.9 Å². The average Bonchev–Trinajstić information content (AvgIpc) is 2.26. The molecule has 0 fully saturated rings. The number of rotatable bonds is 6. The molecule has 100 valence electrons. The highest BCUT2D eigenvalue weighted by atomic mass is 79.9. The number of nitro groups is 1. The lowest BCUT2D eigenvalue weighted by molar-refractivity contribution is -0.384. The molecule has 0 bridgehead atoms. The van der Waals surface area contributed by atoms with Gasteiger partial charge < -0.3 is 10.4 Å². The largest absolute Gasteiger partial charge is 0.387 e. The van der Waals surface area contributed by atoms with Crippen LogP contribution in [-0.4, -0.2) is 34.2 Å². The molecule has 0 amide bonds. The Bertz CT molecular complexity index is 440. The number of halogens is 1. The fraction of sp³-hybridized carbons (Fsp3) is 0.455. The summed E-state index contributed by atoms with van der Waals surface area (Å²) in [6, 6.07) is 4.67. The van der Waals surface area contributed by atoms with Gasteiger partial charge in [0.1, 0.15) is 5.69 Å². The van der Waals surface area contributed by atoms with Crippen LogP contribution in [0.15, 0.2) is 22.7 Å². The van der Waals surface area contributed by atoms with Crippen molar-refractivity contribution in [3.05, 3.63) is 32.8 Å². The van der Waals surface area contributed by atoms with Crippen molar-refractivity contribution in [1.29, 1.82) is 0 Å². The number of thioether (sulfide) groups is 1. The maximum Gasteiger partial charge on any atom is 0.292 e. The number of benzene rings is 1. The summed E-state index contributed by atoms with van der Waals surface area (Å²) in [4.78, 5) is 10.4. The summed E-state index contributed by atoms with van der Waals surface area (Å²) in [6.07, 6.45) is 1.90. The van der Waals surface area contributed by atoms with Crippen LogP contribution in [0.1, 0.15) is 6.92 Å². The lowest BCUT2D eigenvalue weighted by Crippen LogP contribution is -2.36. The second kappa shape index (κ2) is 6.40. The summed E-state index contributed by atoms with van der Waals surface area (Å²) in [5, 5.41) is 23.8. The molecule has 0 aliphatic heterocycles. The third-order valence-corrected chi connectivity index (χ3v) is 3.67. The van der Waals surface area contributed by atoms with Crippen LogP contribution in [0.5, 0.6) is 0 Å².